The molecule has 0 atom stereocenters. The molecule has 3 aromatic rings. The maximum absolute atomic E-state index is 11.9. The fraction of sp³-hybridized carbons (Fsp3) is 0.333. The average molecular weight is 385 g/mol. The van der Waals surface area contributed by atoms with Crippen LogP contribution >= 0.6 is 11.8 Å². The molecule has 0 unspecified atom stereocenters. The van der Waals surface area contributed by atoms with Crippen molar-refractivity contribution in [3.8, 4) is 11.5 Å². The largest absolute Gasteiger partial charge is 0.411 e. The molecule has 2 amide bonds. The van der Waals surface area contributed by atoms with Crippen LogP contribution < -0.4 is 5.32 Å². The Hall–Kier alpha value is -2.81. The molecule has 140 valence electrons. The van der Waals surface area contributed by atoms with E-state index in [0.717, 1.165) is 54.2 Å². The zero-order valence-electron chi connectivity index (χ0n) is 14.6. The van der Waals surface area contributed by atoms with Gasteiger partial charge in [-0.3, -0.25) is 9.59 Å². The SMILES string of the molecule is O=C(CSc1nnc(-c2c[nH]c3ccccc23)o1)NCC(=O)N1CCCC1. The number of carbonyl (C=O) groups is 2. The summed E-state index contributed by atoms with van der Waals surface area (Å²) in [7, 11) is 0. The van der Waals surface area contributed by atoms with Crippen molar-refractivity contribution in [1.29, 1.82) is 0 Å². The number of hydrogen-bond acceptors (Lipinski definition) is 6. The summed E-state index contributed by atoms with van der Waals surface area (Å²) in [4.78, 5) is 28.8. The number of aromatic nitrogens is 3. The molecule has 8 nitrogen and oxygen atoms in total. The molecule has 2 aromatic heterocycles. The highest BCUT2D eigenvalue weighted by Crippen LogP contribution is 2.29. The maximum Gasteiger partial charge on any atom is 0.277 e. The van der Waals surface area contributed by atoms with Crippen LogP contribution in [0.4, 0.5) is 0 Å². The first-order chi connectivity index (χ1) is 13.2. The summed E-state index contributed by atoms with van der Waals surface area (Å²) in [6, 6.07) is 7.84. The second-order valence-corrected chi connectivity index (χ2v) is 7.20. The van der Waals surface area contributed by atoms with Crippen molar-refractivity contribution in [3.63, 3.8) is 0 Å². The fourth-order valence-corrected chi connectivity index (χ4v) is 3.65. The van der Waals surface area contributed by atoms with Crippen molar-refractivity contribution in [3.05, 3.63) is 30.5 Å². The minimum absolute atomic E-state index is 0.0316. The quantitative estimate of drug-likeness (QED) is 0.630. The Bertz CT molecular complexity index is 961. The molecule has 0 radical (unpaired) electrons. The highest BCUT2D eigenvalue weighted by Gasteiger charge is 2.19. The lowest BCUT2D eigenvalue weighted by Crippen LogP contribution is -2.39. The minimum Gasteiger partial charge on any atom is -0.411 e. The molecule has 1 saturated heterocycles. The number of H-pyrrole nitrogens is 1. The van der Waals surface area contributed by atoms with Crippen LogP contribution in [0.1, 0.15) is 12.8 Å². The van der Waals surface area contributed by atoms with Crippen molar-refractivity contribution in [2.24, 2.45) is 0 Å². The second kappa shape index (κ2) is 7.83. The van der Waals surface area contributed by atoms with Gasteiger partial charge >= 0.3 is 0 Å². The number of aromatic amines is 1. The minimum atomic E-state index is -0.237. The van der Waals surface area contributed by atoms with Gasteiger partial charge in [0.1, 0.15) is 0 Å². The number of rotatable bonds is 6. The normalized spacial score (nSPS) is 14.0. The van der Waals surface area contributed by atoms with E-state index in [2.05, 4.69) is 20.5 Å². The molecule has 27 heavy (non-hydrogen) atoms. The first kappa shape index (κ1) is 17.6. The molecule has 1 fully saturated rings. The Kier molecular flexibility index (Phi) is 5.10. The zero-order valence-corrected chi connectivity index (χ0v) is 15.4. The van der Waals surface area contributed by atoms with Crippen LogP contribution in [0.3, 0.4) is 0 Å². The van der Waals surface area contributed by atoms with Gasteiger partial charge in [-0.1, -0.05) is 30.0 Å². The van der Waals surface area contributed by atoms with Crippen molar-refractivity contribution in [2.45, 2.75) is 18.1 Å². The second-order valence-electron chi connectivity index (χ2n) is 6.27. The van der Waals surface area contributed by atoms with Gasteiger partial charge in [0, 0.05) is 30.2 Å². The number of likely N-dealkylation sites (tertiary alicyclic amines) is 1. The van der Waals surface area contributed by atoms with Crippen molar-refractivity contribution in [2.75, 3.05) is 25.4 Å². The molecule has 1 aliphatic heterocycles. The molecule has 2 N–H and O–H groups in total. The van der Waals surface area contributed by atoms with E-state index in [0.29, 0.717) is 11.1 Å². The van der Waals surface area contributed by atoms with Crippen LogP contribution in [0.5, 0.6) is 0 Å². The van der Waals surface area contributed by atoms with E-state index >= 15 is 0 Å². The Morgan fingerprint density at radius 3 is 2.89 bits per heavy atom. The number of thioether (sulfide) groups is 1. The van der Waals surface area contributed by atoms with Crippen LogP contribution in [0.25, 0.3) is 22.4 Å². The third kappa shape index (κ3) is 3.97. The summed E-state index contributed by atoms with van der Waals surface area (Å²) in [6.07, 6.45) is 3.89. The molecule has 4 rings (SSSR count). The molecule has 3 heterocycles. The van der Waals surface area contributed by atoms with E-state index < -0.39 is 0 Å². The topological polar surface area (TPSA) is 104 Å². The molecule has 0 bridgehead atoms. The summed E-state index contributed by atoms with van der Waals surface area (Å²) in [5, 5.41) is 12.0. The third-order valence-corrected chi connectivity index (χ3v) is 5.27. The summed E-state index contributed by atoms with van der Waals surface area (Å²) in [6.45, 7) is 1.59. The lowest BCUT2D eigenvalue weighted by molar-refractivity contribution is -0.131. The molecule has 0 spiro atoms. The van der Waals surface area contributed by atoms with Gasteiger partial charge < -0.3 is 19.6 Å². The molecular weight excluding hydrogens is 366 g/mol. The third-order valence-electron chi connectivity index (χ3n) is 4.45. The molecule has 0 aliphatic carbocycles. The Labute approximate surface area is 159 Å². The van der Waals surface area contributed by atoms with E-state index in [1.54, 1.807) is 4.90 Å². The van der Waals surface area contributed by atoms with E-state index in [9.17, 15) is 9.59 Å². The number of hydrogen-bond donors (Lipinski definition) is 2. The van der Waals surface area contributed by atoms with Gasteiger partial charge in [0.25, 0.3) is 11.1 Å². The highest BCUT2D eigenvalue weighted by molar-refractivity contribution is 7.99. The van der Waals surface area contributed by atoms with E-state index in [1.807, 2.05) is 30.5 Å². The lowest BCUT2D eigenvalue weighted by Gasteiger charge is -2.15. The highest BCUT2D eigenvalue weighted by atomic mass is 32.2. The summed E-state index contributed by atoms with van der Waals surface area (Å²) in [5.74, 6) is 0.243. The van der Waals surface area contributed by atoms with Crippen LogP contribution in [0.15, 0.2) is 40.1 Å². The van der Waals surface area contributed by atoms with E-state index in [-0.39, 0.29) is 24.1 Å². The van der Waals surface area contributed by atoms with Crippen molar-refractivity contribution < 1.29 is 14.0 Å². The number of para-hydroxylation sites is 1. The van der Waals surface area contributed by atoms with Gasteiger partial charge in [0.15, 0.2) is 0 Å². The molecule has 9 heteroatoms. The number of benzene rings is 1. The fourth-order valence-electron chi connectivity index (χ4n) is 3.06. The predicted octanol–water partition coefficient (Wildman–Crippen LogP) is 2.05. The molecule has 1 aliphatic rings. The van der Waals surface area contributed by atoms with Gasteiger partial charge in [-0.05, 0) is 18.9 Å². The van der Waals surface area contributed by atoms with Gasteiger partial charge in [-0.25, -0.2) is 0 Å². The average Bonchev–Trinajstić information content (AvgIpc) is 3.44. The van der Waals surface area contributed by atoms with E-state index in [4.69, 9.17) is 4.42 Å². The summed E-state index contributed by atoms with van der Waals surface area (Å²) < 4.78 is 5.66. The van der Waals surface area contributed by atoms with Crippen LogP contribution in [0.2, 0.25) is 0 Å². The van der Waals surface area contributed by atoms with Crippen LogP contribution in [-0.4, -0.2) is 57.3 Å². The standard InChI is InChI=1S/C18H19N5O3S/c24-15(20-10-16(25)23-7-3-4-8-23)11-27-18-22-21-17(26-18)13-9-19-14-6-2-1-5-12(13)14/h1-2,5-6,9,19H,3-4,7-8,10-11H2,(H,20,24). The van der Waals surface area contributed by atoms with E-state index in [1.165, 1.54) is 0 Å². The first-order valence-corrected chi connectivity index (χ1v) is 9.76. The number of carbonyl (C=O) groups excluding carboxylic acids is 2. The van der Waals surface area contributed by atoms with Gasteiger partial charge in [0.05, 0.1) is 17.9 Å². The summed E-state index contributed by atoms with van der Waals surface area (Å²) in [5.41, 5.74) is 1.81. The zero-order chi connectivity index (χ0) is 18.6. The smallest absolute Gasteiger partial charge is 0.277 e. The van der Waals surface area contributed by atoms with Gasteiger partial charge in [0.2, 0.25) is 11.8 Å². The first-order valence-electron chi connectivity index (χ1n) is 8.78. The number of nitrogens with zero attached hydrogens (tertiary/aromatic N) is 3. The van der Waals surface area contributed by atoms with Crippen LogP contribution in [-0.2, 0) is 9.59 Å². The number of nitrogens with one attached hydrogen (secondary N) is 2. The number of fused-ring (bicyclic) bond motifs is 1. The predicted molar refractivity (Wildman–Crippen MR) is 101 cm³/mol. The van der Waals surface area contributed by atoms with Gasteiger partial charge in [-0.2, -0.15) is 0 Å². The molecular formula is C18H19N5O3S. The van der Waals surface area contributed by atoms with Gasteiger partial charge in [-0.15, -0.1) is 10.2 Å². The monoisotopic (exact) mass is 385 g/mol. The van der Waals surface area contributed by atoms with Crippen molar-refractivity contribution >= 4 is 34.5 Å². The summed E-state index contributed by atoms with van der Waals surface area (Å²) >= 11 is 1.15. The van der Waals surface area contributed by atoms with Crippen LogP contribution in [0, 0.1) is 0 Å². The number of amides is 2. The Morgan fingerprint density at radius 2 is 2.04 bits per heavy atom. The lowest BCUT2D eigenvalue weighted by atomic mass is 10.2. The Morgan fingerprint density at radius 1 is 1.22 bits per heavy atom. The molecule has 0 saturated carbocycles. The Balaban J connectivity index is 1.30. The maximum atomic E-state index is 11.9. The molecule has 1 aromatic carbocycles. The van der Waals surface area contributed by atoms with Crippen molar-refractivity contribution in [1.82, 2.24) is 25.4 Å².